The van der Waals surface area contributed by atoms with E-state index in [2.05, 4.69) is 219 Å². The fraction of sp³-hybridized carbons (Fsp3) is 0.130. The van der Waals surface area contributed by atoms with Gasteiger partial charge in [0.25, 0.3) is 0 Å². The Kier molecular flexibility index (Phi) is 8.99. The number of rotatable bonds is 9. The van der Waals surface area contributed by atoms with Gasteiger partial charge in [0.05, 0.1) is 28.1 Å². The SMILES string of the molecule is CN(c1ccccc1Nc1cccc(Oc2cc3c4c5c(cccc5n(-c5cc(C(C)(C)C)ccn5)c4c2)[Si]3(C)C)c1)c1c(-c2ccccc2)cccc1-c1ccccc1. The third-order valence-electron chi connectivity index (χ3n) is 12.2. The van der Waals surface area contributed by atoms with Crippen molar-refractivity contribution in [1.29, 1.82) is 0 Å². The monoisotopic (exact) mass is 796 g/mol. The van der Waals surface area contributed by atoms with E-state index in [1.807, 2.05) is 12.3 Å². The number of hydrogen-bond donors (Lipinski definition) is 1. The summed E-state index contributed by atoms with van der Waals surface area (Å²) in [5.74, 6) is 2.53. The molecule has 0 unspecified atom stereocenters. The summed E-state index contributed by atoms with van der Waals surface area (Å²) >= 11 is 0. The lowest BCUT2D eigenvalue weighted by molar-refractivity contribution is 0.484. The Labute approximate surface area is 353 Å². The Morgan fingerprint density at radius 3 is 1.97 bits per heavy atom. The lowest BCUT2D eigenvalue weighted by atomic mass is 9.88. The number of para-hydroxylation sites is 3. The maximum Gasteiger partial charge on any atom is 0.137 e. The number of anilines is 4. The molecule has 0 aliphatic carbocycles. The topological polar surface area (TPSA) is 42.3 Å². The Bertz CT molecular complexity index is 3020. The molecule has 10 rings (SSSR count). The molecule has 0 saturated heterocycles. The van der Waals surface area contributed by atoms with Crippen molar-refractivity contribution in [2.45, 2.75) is 39.3 Å². The lowest BCUT2D eigenvalue weighted by Gasteiger charge is -2.28. The van der Waals surface area contributed by atoms with Gasteiger partial charge < -0.3 is 15.0 Å². The molecule has 5 nitrogen and oxygen atoms in total. The van der Waals surface area contributed by atoms with Crippen molar-refractivity contribution in [2.75, 3.05) is 17.3 Å². The number of hydrogen-bond acceptors (Lipinski definition) is 4. The highest BCUT2D eigenvalue weighted by Crippen LogP contribution is 2.45. The van der Waals surface area contributed by atoms with Crippen LogP contribution in [0.1, 0.15) is 26.3 Å². The largest absolute Gasteiger partial charge is 0.457 e. The van der Waals surface area contributed by atoms with Crippen LogP contribution < -0.4 is 25.3 Å². The van der Waals surface area contributed by atoms with Gasteiger partial charge >= 0.3 is 0 Å². The minimum absolute atomic E-state index is 0.000249. The fourth-order valence-electron chi connectivity index (χ4n) is 9.16. The van der Waals surface area contributed by atoms with Crippen LogP contribution in [0.25, 0.3) is 49.9 Å². The number of nitrogens with one attached hydrogen (secondary N) is 1. The van der Waals surface area contributed by atoms with Gasteiger partial charge in [-0.2, -0.15) is 0 Å². The summed E-state index contributed by atoms with van der Waals surface area (Å²) in [6.45, 7) is 11.7. The van der Waals surface area contributed by atoms with E-state index in [1.165, 1.54) is 54.5 Å². The molecule has 1 aliphatic heterocycles. The number of pyridine rings is 1. The van der Waals surface area contributed by atoms with Crippen molar-refractivity contribution in [3.63, 3.8) is 0 Å². The molecule has 0 spiro atoms. The van der Waals surface area contributed by atoms with Crippen molar-refractivity contribution in [3.05, 3.63) is 182 Å². The standard InChI is InChI=1S/C54H48N4OSi/c1-54(2,3)38-30-31-55-50(32-38)58-46-28-17-29-48-51(46)52-47(58)34-41(35-49(52)60(48,5)6)59-40-23-15-22-39(33-40)56-44-26-13-14-27-45(44)57(4)53-42(36-18-9-7-10-19-36)24-16-25-43(53)37-20-11-8-12-21-37/h7-35,56H,1-6H3. The van der Waals surface area contributed by atoms with Gasteiger partial charge in [-0.15, -0.1) is 0 Å². The molecule has 9 aromatic rings. The molecule has 1 aliphatic rings. The highest BCUT2D eigenvalue weighted by Gasteiger charge is 2.39. The second-order valence-electron chi connectivity index (χ2n) is 17.4. The van der Waals surface area contributed by atoms with Crippen LogP contribution in [0.15, 0.2) is 176 Å². The Balaban J connectivity index is 1.02. The molecule has 2 aromatic heterocycles. The summed E-state index contributed by atoms with van der Waals surface area (Å²) in [7, 11) is 0.168. The maximum atomic E-state index is 6.87. The average Bonchev–Trinajstić information content (AvgIpc) is 3.72. The molecule has 0 fully saturated rings. The van der Waals surface area contributed by atoms with Crippen molar-refractivity contribution in [2.24, 2.45) is 0 Å². The van der Waals surface area contributed by atoms with E-state index >= 15 is 0 Å². The van der Waals surface area contributed by atoms with Gasteiger partial charge in [-0.25, -0.2) is 4.98 Å². The Morgan fingerprint density at radius 1 is 0.600 bits per heavy atom. The molecule has 0 atom stereocenters. The number of aromatic nitrogens is 2. The van der Waals surface area contributed by atoms with Crippen LogP contribution >= 0.6 is 0 Å². The van der Waals surface area contributed by atoms with E-state index in [0.29, 0.717) is 0 Å². The smallest absolute Gasteiger partial charge is 0.137 e. The van der Waals surface area contributed by atoms with Crippen LogP contribution in [0, 0.1) is 0 Å². The van der Waals surface area contributed by atoms with E-state index < -0.39 is 8.07 Å². The van der Waals surface area contributed by atoms with Crippen LogP contribution in [0.4, 0.5) is 22.7 Å². The zero-order valence-corrected chi connectivity index (χ0v) is 36.0. The van der Waals surface area contributed by atoms with Gasteiger partial charge in [0.1, 0.15) is 25.4 Å². The first-order valence-electron chi connectivity index (χ1n) is 20.8. The number of benzene rings is 7. The molecule has 294 valence electrons. The maximum absolute atomic E-state index is 6.87. The molecule has 0 radical (unpaired) electrons. The molecule has 3 heterocycles. The quantitative estimate of drug-likeness (QED) is 0.148. The highest BCUT2D eigenvalue weighted by atomic mass is 28.3. The minimum Gasteiger partial charge on any atom is -0.457 e. The first-order valence-corrected chi connectivity index (χ1v) is 23.8. The van der Waals surface area contributed by atoms with Gasteiger partial charge in [-0.3, -0.25) is 4.57 Å². The van der Waals surface area contributed by atoms with Gasteiger partial charge in [-0.05, 0) is 81.0 Å². The first kappa shape index (κ1) is 37.4. The first-order chi connectivity index (χ1) is 29.1. The van der Waals surface area contributed by atoms with Gasteiger partial charge in [0.15, 0.2) is 0 Å². The molecule has 0 saturated carbocycles. The van der Waals surface area contributed by atoms with Crippen LogP contribution in [0.5, 0.6) is 11.5 Å². The molecule has 0 bridgehead atoms. The fourth-order valence-corrected chi connectivity index (χ4v) is 12.2. The molecule has 6 heteroatoms. The number of ether oxygens (including phenoxy) is 1. The molecule has 60 heavy (non-hydrogen) atoms. The minimum atomic E-state index is -1.99. The second kappa shape index (κ2) is 14.4. The van der Waals surface area contributed by atoms with E-state index in [-0.39, 0.29) is 5.41 Å². The van der Waals surface area contributed by atoms with Crippen molar-refractivity contribution in [1.82, 2.24) is 9.55 Å². The van der Waals surface area contributed by atoms with E-state index in [0.717, 1.165) is 45.6 Å². The predicted molar refractivity (Wildman–Crippen MR) is 256 cm³/mol. The van der Waals surface area contributed by atoms with Crippen LogP contribution in [0.2, 0.25) is 13.1 Å². The zero-order valence-electron chi connectivity index (χ0n) is 35.0. The molecular formula is C54H48N4OSi. The second-order valence-corrected chi connectivity index (χ2v) is 21.8. The van der Waals surface area contributed by atoms with Crippen molar-refractivity contribution >= 4 is 63.0 Å². The number of nitrogens with zero attached hydrogens (tertiary/aromatic N) is 3. The van der Waals surface area contributed by atoms with E-state index in [1.54, 1.807) is 0 Å². The summed E-state index contributed by atoms with van der Waals surface area (Å²) < 4.78 is 9.21. The zero-order chi connectivity index (χ0) is 41.2. The lowest BCUT2D eigenvalue weighted by Crippen LogP contribution is -2.49. The average molecular weight is 797 g/mol. The van der Waals surface area contributed by atoms with E-state index in [4.69, 9.17) is 9.72 Å². The van der Waals surface area contributed by atoms with Crippen molar-refractivity contribution in [3.8, 4) is 39.6 Å². The van der Waals surface area contributed by atoms with Crippen LogP contribution in [0.3, 0.4) is 0 Å². The summed E-state index contributed by atoms with van der Waals surface area (Å²) in [6.07, 6.45) is 1.95. The van der Waals surface area contributed by atoms with E-state index in [9.17, 15) is 0 Å². The van der Waals surface area contributed by atoms with Gasteiger partial charge in [0.2, 0.25) is 0 Å². The summed E-state index contributed by atoms with van der Waals surface area (Å²) in [5.41, 5.74) is 12.4. The summed E-state index contributed by atoms with van der Waals surface area (Å²) in [5, 5.41) is 9.36. The van der Waals surface area contributed by atoms with Crippen molar-refractivity contribution < 1.29 is 4.74 Å². The summed E-state index contributed by atoms with van der Waals surface area (Å²) in [4.78, 5) is 7.26. The van der Waals surface area contributed by atoms with Crippen LogP contribution in [-0.4, -0.2) is 24.7 Å². The predicted octanol–water partition coefficient (Wildman–Crippen LogP) is 13.2. The third kappa shape index (κ3) is 6.35. The molecule has 7 aromatic carbocycles. The normalized spacial score (nSPS) is 13.0. The Hall–Kier alpha value is -6.89. The van der Waals surface area contributed by atoms with Gasteiger partial charge in [0, 0.05) is 53.0 Å². The molecular weight excluding hydrogens is 749 g/mol. The van der Waals surface area contributed by atoms with Crippen LogP contribution in [-0.2, 0) is 5.41 Å². The Morgan fingerprint density at radius 2 is 1.25 bits per heavy atom. The summed E-state index contributed by atoms with van der Waals surface area (Å²) in [6, 6.07) is 60.4. The highest BCUT2D eigenvalue weighted by molar-refractivity contribution is 7.05. The third-order valence-corrected chi connectivity index (χ3v) is 15.7. The van der Waals surface area contributed by atoms with Gasteiger partial charge in [-0.1, -0.05) is 143 Å². The molecule has 1 N–H and O–H groups in total. The molecule has 0 amide bonds.